The topological polar surface area (TPSA) is 130 Å². The minimum Gasteiger partial charge on any atom is -0.480 e. The molecule has 0 saturated heterocycles. The summed E-state index contributed by atoms with van der Waals surface area (Å²) >= 11 is 0. The van der Waals surface area contributed by atoms with Crippen LogP contribution in [0.15, 0.2) is 30.3 Å². The van der Waals surface area contributed by atoms with E-state index in [4.69, 9.17) is 5.11 Å². The lowest BCUT2D eigenvalue weighted by molar-refractivity contribution is -0.139. The highest BCUT2D eigenvalue weighted by molar-refractivity contribution is 7.90. The molecule has 1 aromatic rings. The Morgan fingerprint density at radius 3 is 2.23 bits per heavy atom. The number of carbonyl (C=O) groups is 1. The van der Waals surface area contributed by atoms with Gasteiger partial charge in [0.2, 0.25) is 20.0 Å². The minimum atomic E-state index is -3.96. The van der Waals surface area contributed by atoms with Crippen molar-refractivity contribution in [1.82, 2.24) is 9.44 Å². The standard InChI is InChI=1S/C12H18N2O6S2/c1-2-21(17,18)13-8-9-22(19,20)14-11(12(15)16)10-6-4-3-5-7-10/h3-7,11,13-14H,2,8-9H2,1H3,(H,15,16)/t11-/m1/s1. The highest BCUT2D eigenvalue weighted by Crippen LogP contribution is 2.13. The largest absolute Gasteiger partial charge is 0.480 e. The fourth-order valence-corrected chi connectivity index (χ4v) is 3.41. The molecule has 0 spiro atoms. The summed E-state index contributed by atoms with van der Waals surface area (Å²) in [6, 6.07) is 6.41. The van der Waals surface area contributed by atoms with Crippen molar-refractivity contribution >= 4 is 26.0 Å². The monoisotopic (exact) mass is 350 g/mol. The Kier molecular flexibility index (Phi) is 6.48. The molecule has 0 aliphatic rings. The van der Waals surface area contributed by atoms with E-state index in [9.17, 15) is 21.6 Å². The number of carboxylic acids is 1. The van der Waals surface area contributed by atoms with Gasteiger partial charge in [0.1, 0.15) is 6.04 Å². The lowest BCUT2D eigenvalue weighted by Crippen LogP contribution is -2.39. The van der Waals surface area contributed by atoms with Crippen molar-refractivity contribution in [2.45, 2.75) is 13.0 Å². The zero-order valence-corrected chi connectivity index (χ0v) is 13.5. The van der Waals surface area contributed by atoms with Crippen LogP contribution in [0.2, 0.25) is 0 Å². The molecule has 0 aromatic heterocycles. The van der Waals surface area contributed by atoms with Gasteiger partial charge in [-0.3, -0.25) is 4.79 Å². The number of hydrogen-bond donors (Lipinski definition) is 3. The van der Waals surface area contributed by atoms with Gasteiger partial charge in [0.05, 0.1) is 11.5 Å². The Morgan fingerprint density at radius 2 is 1.73 bits per heavy atom. The van der Waals surface area contributed by atoms with E-state index in [-0.39, 0.29) is 17.9 Å². The molecule has 0 radical (unpaired) electrons. The fraction of sp³-hybridized carbons (Fsp3) is 0.417. The Bertz CT molecular complexity index is 700. The van der Waals surface area contributed by atoms with Gasteiger partial charge in [-0.15, -0.1) is 0 Å². The molecule has 0 aliphatic carbocycles. The van der Waals surface area contributed by atoms with Crippen LogP contribution in [0.3, 0.4) is 0 Å². The molecule has 1 atom stereocenters. The molecule has 0 saturated carbocycles. The Labute approximate surface area is 129 Å². The van der Waals surface area contributed by atoms with Gasteiger partial charge in [-0.05, 0) is 12.5 Å². The highest BCUT2D eigenvalue weighted by Gasteiger charge is 2.25. The number of rotatable bonds is 9. The third kappa shape index (κ3) is 6.10. The zero-order valence-electron chi connectivity index (χ0n) is 11.9. The third-order valence-corrected chi connectivity index (χ3v) is 5.49. The second-order valence-electron chi connectivity index (χ2n) is 4.42. The van der Waals surface area contributed by atoms with Gasteiger partial charge in [-0.2, -0.15) is 4.72 Å². The first kappa shape index (κ1) is 18.6. The van der Waals surface area contributed by atoms with Gasteiger partial charge in [-0.25, -0.2) is 21.6 Å². The Morgan fingerprint density at radius 1 is 1.14 bits per heavy atom. The maximum absolute atomic E-state index is 11.9. The maximum Gasteiger partial charge on any atom is 0.326 e. The van der Waals surface area contributed by atoms with E-state index in [1.165, 1.54) is 19.1 Å². The molecule has 22 heavy (non-hydrogen) atoms. The lowest BCUT2D eigenvalue weighted by atomic mass is 10.1. The van der Waals surface area contributed by atoms with Gasteiger partial charge in [0.15, 0.2) is 0 Å². The number of carboxylic acid groups (broad SMARTS) is 1. The summed E-state index contributed by atoms with van der Waals surface area (Å²) in [6.45, 7) is 1.09. The van der Waals surface area contributed by atoms with Crippen LogP contribution in [0.25, 0.3) is 0 Å². The van der Waals surface area contributed by atoms with E-state index < -0.39 is 37.8 Å². The molecular weight excluding hydrogens is 332 g/mol. The van der Waals surface area contributed by atoms with Crippen molar-refractivity contribution in [2.24, 2.45) is 0 Å². The van der Waals surface area contributed by atoms with E-state index in [2.05, 4.69) is 9.44 Å². The summed E-state index contributed by atoms with van der Waals surface area (Å²) < 4.78 is 50.4. The molecule has 1 rings (SSSR count). The second kappa shape index (κ2) is 7.68. The van der Waals surface area contributed by atoms with E-state index in [1.807, 2.05) is 0 Å². The van der Waals surface area contributed by atoms with Crippen molar-refractivity contribution < 1.29 is 26.7 Å². The predicted molar refractivity (Wildman–Crippen MR) is 81.2 cm³/mol. The van der Waals surface area contributed by atoms with Crippen LogP contribution in [-0.2, 0) is 24.8 Å². The summed E-state index contributed by atoms with van der Waals surface area (Å²) in [6.07, 6.45) is 0. The van der Waals surface area contributed by atoms with Crippen LogP contribution in [0, 0.1) is 0 Å². The van der Waals surface area contributed by atoms with Crippen molar-refractivity contribution in [3.05, 3.63) is 35.9 Å². The molecule has 8 nitrogen and oxygen atoms in total. The fourth-order valence-electron chi connectivity index (χ4n) is 1.58. The number of hydrogen-bond acceptors (Lipinski definition) is 5. The normalized spacial score (nSPS) is 13.7. The molecule has 0 bridgehead atoms. The number of aliphatic carboxylic acids is 1. The molecular formula is C12H18N2O6S2. The summed E-state index contributed by atoms with van der Waals surface area (Å²) in [4.78, 5) is 11.2. The SMILES string of the molecule is CCS(=O)(=O)NCCS(=O)(=O)N[C@@H](C(=O)O)c1ccccc1. The minimum absolute atomic E-state index is 0.164. The molecule has 10 heteroatoms. The highest BCUT2D eigenvalue weighted by atomic mass is 32.2. The van der Waals surface area contributed by atoms with E-state index in [0.29, 0.717) is 0 Å². The van der Waals surface area contributed by atoms with Crippen molar-refractivity contribution in [1.29, 1.82) is 0 Å². The van der Waals surface area contributed by atoms with Crippen molar-refractivity contribution in [3.63, 3.8) is 0 Å². The van der Waals surface area contributed by atoms with E-state index >= 15 is 0 Å². The maximum atomic E-state index is 11.9. The predicted octanol–water partition coefficient (Wildman–Crippen LogP) is -0.329. The summed E-state index contributed by atoms with van der Waals surface area (Å²) in [7, 11) is -7.46. The second-order valence-corrected chi connectivity index (χ2v) is 8.39. The average Bonchev–Trinajstić information content (AvgIpc) is 2.45. The number of benzene rings is 1. The van der Waals surface area contributed by atoms with E-state index in [1.54, 1.807) is 18.2 Å². The third-order valence-electron chi connectivity index (χ3n) is 2.75. The molecule has 124 valence electrons. The average molecular weight is 350 g/mol. The smallest absolute Gasteiger partial charge is 0.326 e. The van der Waals surface area contributed by atoms with Gasteiger partial charge in [-0.1, -0.05) is 30.3 Å². The molecule has 0 fully saturated rings. The summed E-state index contributed by atoms with van der Waals surface area (Å²) in [5.41, 5.74) is 0.285. The van der Waals surface area contributed by atoms with Gasteiger partial charge >= 0.3 is 5.97 Å². The first-order valence-corrected chi connectivity index (χ1v) is 9.72. The van der Waals surface area contributed by atoms with E-state index in [0.717, 1.165) is 0 Å². The van der Waals surface area contributed by atoms with Gasteiger partial charge in [0.25, 0.3) is 0 Å². The Hall–Kier alpha value is -1.49. The molecule has 1 aromatic carbocycles. The molecule has 0 heterocycles. The number of nitrogens with one attached hydrogen (secondary N) is 2. The zero-order chi connectivity index (χ0) is 16.8. The lowest BCUT2D eigenvalue weighted by Gasteiger charge is -2.15. The molecule has 3 N–H and O–H groups in total. The molecule has 0 amide bonds. The Balaban J connectivity index is 2.75. The van der Waals surface area contributed by atoms with Crippen LogP contribution < -0.4 is 9.44 Å². The van der Waals surface area contributed by atoms with Crippen LogP contribution >= 0.6 is 0 Å². The van der Waals surface area contributed by atoms with Gasteiger partial charge < -0.3 is 5.11 Å². The first-order chi connectivity index (χ1) is 10.2. The quantitative estimate of drug-likeness (QED) is 0.559. The summed E-state index contributed by atoms with van der Waals surface area (Å²) in [5.74, 6) is -2.06. The van der Waals surface area contributed by atoms with Crippen LogP contribution in [0.5, 0.6) is 0 Å². The number of sulfonamides is 2. The van der Waals surface area contributed by atoms with Crippen LogP contribution in [0.1, 0.15) is 18.5 Å². The van der Waals surface area contributed by atoms with Crippen LogP contribution in [0.4, 0.5) is 0 Å². The van der Waals surface area contributed by atoms with Crippen LogP contribution in [-0.4, -0.2) is 46.0 Å². The summed E-state index contributed by atoms with van der Waals surface area (Å²) in [5, 5.41) is 9.14. The van der Waals surface area contributed by atoms with Crippen molar-refractivity contribution in [3.8, 4) is 0 Å². The first-order valence-electron chi connectivity index (χ1n) is 6.42. The molecule has 0 unspecified atom stereocenters. The van der Waals surface area contributed by atoms with Gasteiger partial charge in [0, 0.05) is 6.54 Å². The molecule has 0 aliphatic heterocycles. The van der Waals surface area contributed by atoms with Crippen molar-refractivity contribution in [2.75, 3.05) is 18.1 Å².